The molecule has 0 radical (unpaired) electrons. The van der Waals surface area contributed by atoms with Crippen LogP contribution in [-0.4, -0.2) is 9.13 Å². The van der Waals surface area contributed by atoms with Crippen LogP contribution >= 0.6 is 0 Å². The predicted octanol–water partition coefficient (Wildman–Crippen LogP) is 16.7. The Morgan fingerprint density at radius 3 is 1.55 bits per heavy atom. The molecule has 0 N–H and O–H groups in total. The van der Waals surface area contributed by atoms with Crippen molar-refractivity contribution in [2.75, 3.05) is 0 Å². The highest BCUT2D eigenvalue weighted by molar-refractivity contribution is 6.17. The Hall–Kier alpha value is -8.72. The highest BCUT2D eigenvalue weighted by Crippen LogP contribution is 2.58. The minimum Gasteiger partial charge on any atom is -0.309 e. The smallest absolute Gasteiger partial charge is 0.0714 e. The number of aromatic nitrogens is 2. The fourth-order valence-electron chi connectivity index (χ4n) is 11.7. The summed E-state index contributed by atoms with van der Waals surface area (Å²) in [5, 5.41) is 7.45. The van der Waals surface area contributed by atoms with E-state index < -0.39 is 5.41 Å². The van der Waals surface area contributed by atoms with Gasteiger partial charge in [-0.15, -0.1) is 0 Å². The maximum Gasteiger partial charge on any atom is 0.0714 e. The molecule has 11 aromatic carbocycles. The molecule has 0 saturated heterocycles. The number of benzene rings is 11. The zero-order valence-electron chi connectivity index (χ0n) is 36.6. The van der Waals surface area contributed by atoms with Crippen LogP contribution in [0.2, 0.25) is 0 Å². The van der Waals surface area contributed by atoms with Crippen molar-refractivity contribution in [3.63, 3.8) is 0 Å². The lowest BCUT2D eigenvalue weighted by Gasteiger charge is -2.33. The van der Waals surface area contributed by atoms with E-state index in [0.717, 1.165) is 5.69 Å². The average molecular weight is 851 g/mol. The van der Waals surface area contributed by atoms with Gasteiger partial charge < -0.3 is 9.13 Å². The lowest BCUT2D eigenvalue weighted by atomic mass is 9.67. The molecule has 0 atom stereocenters. The van der Waals surface area contributed by atoms with Crippen LogP contribution in [0.25, 0.3) is 99.1 Å². The van der Waals surface area contributed by atoms with Gasteiger partial charge in [0.05, 0.1) is 27.5 Å². The largest absolute Gasteiger partial charge is 0.309 e. The summed E-state index contributed by atoms with van der Waals surface area (Å²) in [6.07, 6.45) is 0. The summed E-state index contributed by atoms with van der Waals surface area (Å²) >= 11 is 0. The molecule has 2 aromatic heterocycles. The summed E-state index contributed by atoms with van der Waals surface area (Å²) in [5.41, 5.74) is 19.1. The van der Waals surface area contributed by atoms with Crippen molar-refractivity contribution in [2.45, 2.75) is 5.41 Å². The zero-order valence-corrected chi connectivity index (χ0v) is 36.6. The van der Waals surface area contributed by atoms with Gasteiger partial charge >= 0.3 is 0 Å². The maximum absolute atomic E-state index is 2.53. The molecule has 0 saturated carbocycles. The van der Waals surface area contributed by atoms with Gasteiger partial charge in [-0.1, -0.05) is 200 Å². The molecule has 0 amide bonds. The van der Waals surface area contributed by atoms with Gasteiger partial charge in [0.1, 0.15) is 0 Å². The van der Waals surface area contributed by atoms with E-state index in [2.05, 4.69) is 264 Å². The van der Waals surface area contributed by atoms with Gasteiger partial charge in [-0.3, -0.25) is 0 Å². The molecule has 0 fully saturated rings. The van der Waals surface area contributed by atoms with Gasteiger partial charge in [-0.2, -0.15) is 0 Å². The molecule has 67 heavy (non-hydrogen) atoms. The van der Waals surface area contributed by atoms with Crippen molar-refractivity contribution in [2.24, 2.45) is 0 Å². The van der Waals surface area contributed by atoms with Crippen molar-refractivity contribution < 1.29 is 0 Å². The third-order valence-corrected chi connectivity index (χ3v) is 14.6. The number of hydrogen-bond donors (Lipinski definition) is 0. The first-order chi connectivity index (χ1) is 33.2. The minimum atomic E-state index is -0.506. The fraction of sp³-hybridized carbons (Fsp3) is 0.0154. The van der Waals surface area contributed by atoms with Gasteiger partial charge in [0.2, 0.25) is 0 Å². The Labute approximate surface area is 388 Å². The Morgan fingerprint density at radius 1 is 0.284 bits per heavy atom. The molecule has 0 unspecified atom stereocenters. The molecule has 312 valence electrons. The van der Waals surface area contributed by atoms with Gasteiger partial charge in [0, 0.05) is 38.5 Å². The number of rotatable bonds is 6. The van der Waals surface area contributed by atoms with Crippen molar-refractivity contribution in [1.29, 1.82) is 0 Å². The first kappa shape index (κ1) is 37.6. The molecule has 0 spiro atoms. The first-order valence-electron chi connectivity index (χ1n) is 23.3. The summed E-state index contributed by atoms with van der Waals surface area (Å²) < 4.78 is 4.95. The summed E-state index contributed by atoms with van der Waals surface area (Å²) in [7, 11) is 0. The van der Waals surface area contributed by atoms with E-state index >= 15 is 0 Å². The van der Waals surface area contributed by atoms with Crippen LogP contribution in [0.1, 0.15) is 22.3 Å². The topological polar surface area (TPSA) is 9.86 Å². The molecule has 2 heteroatoms. The van der Waals surface area contributed by atoms with E-state index in [-0.39, 0.29) is 0 Å². The highest BCUT2D eigenvalue weighted by atomic mass is 15.0. The number of fused-ring (bicyclic) bond motifs is 11. The number of hydrogen-bond acceptors (Lipinski definition) is 0. The molecule has 13 aromatic rings. The maximum atomic E-state index is 2.53. The van der Waals surface area contributed by atoms with E-state index in [1.54, 1.807) is 0 Å². The molecule has 2 heterocycles. The normalized spacial score (nSPS) is 12.9. The van der Waals surface area contributed by atoms with Gasteiger partial charge in [0.25, 0.3) is 0 Å². The standard InChI is InChI=1S/C65H42N2/c1-4-16-43(17-5-1)45-28-33-51(34-29-45)67-62-39-32-48(47-31-38-61-56(41-47)53-24-13-15-27-60(53)66(61)52-35-30-44-18-10-11-19-46(44)40-52)42-57(62)54-36-37-59-63(64(54)67)55-25-12-14-26-58(55)65(59,49-20-6-2-7-21-49)50-22-8-3-9-23-50/h1-42H. The van der Waals surface area contributed by atoms with Gasteiger partial charge in [0.15, 0.2) is 0 Å². The summed E-state index contributed by atoms with van der Waals surface area (Å²) in [4.78, 5) is 0. The fourth-order valence-corrected chi connectivity index (χ4v) is 11.7. The quantitative estimate of drug-likeness (QED) is 0.158. The molecule has 0 aliphatic heterocycles. The molecule has 14 rings (SSSR count). The van der Waals surface area contributed by atoms with E-state index in [4.69, 9.17) is 0 Å². The highest BCUT2D eigenvalue weighted by Gasteiger charge is 2.47. The summed E-state index contributed by atoms with van der Waals surface area (Å²) in [6.45, 7) is 0. The lowest BCUT2D eigenvalue weighted by molar-refractivity contribution is 0.769. The second kappa shape index (κ2) is 14.7. The van der Waals surface area contributed by atoms with Crippen LogP contribution in [0, 0.1) is 0 Å². The van der Waals surface area contributed by atoms with Crippen LogP contribution in [0.4, 0.5) is 0 Å². The average Bonchev–Trinajstić information content (AvgIpc) is 4.03. The molecular weight excluding hydrogens is 809 g/mol. The Kier molecular flexibility index (Phi) is 8.23. The zero-order chi connectivity index (χ0) is 44.1. The Balaban J connectivity index is 1.02. The third-order valence-electron chi connectivity index (χ3n) is 14.6. The molecule has 1 aliphatic carbocycles. The van der Waals surface area contributed by atoms with E-state index in [9.17, 15) is 0 Å². The van der Waals surface area contributed by atoms with E-state index in [0.29, 0.717) is 0 Å². The minimum absolute atomic E-state index is 0.506. The predicted molar refractivity (Wildman–Crippen MR) is 281 cm³/mol. The molecule has 0 bridgehead atoms. The van der Waals surface area contributed by atoms with Crippen LogP contribution in [0.15, 0.2) is 255 Å². The Bertz CT molecular complexity index is 4020. The number of para-hydroxylation sites is 1. The lowest BCUT2D eigenvalue weighted by Crippen LogP contribution is -2.28. The van der Waals surface area contributed by atoms with Crippen molar-refractivity contribution >= 4 is 54.4 Å². The summed E-state index contributed by atoms with van der Waals surface area (Å²) in [6, 6.07) is 94.4. The van der Waals surface area contributed by atoms with Gasteiger partial charge in [-0.05, 0) is 115 Å². The van der Waals surface area contributed by atoms with Gasteiger partial charge in [-0.25, -0.2) is 0 Å². The monoisotopic (exact) mass is 850 g/mol. The third kappa shape index (κ3) is 5.51. The summed E-state index contributed by atoms with van der Waals surface area (Å²) in [5.74, 6) is 0. The number of nitrogens with zero attached hydrogens (tertiary/aromatic N) is 2. The SMILES string of the molecule is c1ccc(-c2ccc(-n3c4ccc(-c5ccc6c(c5)c5ccccc5n6-c5ccc6ccccc6c5)cc4c4ccc5c(c43)-c3ccccc3C5(c3ccccc3)c3ccccc3)cc2)cc1. The molecule has 2 nitrogen and oxygen atoms in total. The van der Waals surface area contributed by atoms with Crippen LogP contribution in [-0.2, 0) is 5.41 Å². The van der Waals surface area contributed by atoms with E-state index in [1.165, 1.54) is 116 Å². The van der Waals surface area contributed by atoms with Crippen LogP contribution < -0.4 is 0 Å². The van der Waals surface area contributed by atoms with Crippen molar-refractivity contribution in [3.05, 3.63) is 277 Å². The first-order valence-corrected chi connectivity index (χ1v) is 23.3. The van der Waals surface area contributed by atoms with Crippen molar-refractivity contribution in [3.8, 4) is 44.8 Å². The van der Waals surface area contributed by atoms with E-state index in [1.807, 2.05) is 0 Å². The van der Waals surface area contributed by atoms with Crippen LogP contribution in [0.5, 0.6) is 0 Å². The molecular formula is C65H42N2. The van der Waals surface area contributed by atoms with Crippen molar-refractivity contribution in [1.82, 2.24) is 9.13 Å². The second-order valence-electron chi connectivity index (χ2n) is 18.0. The van der Waals surface area contributed by atoms with Crippen LogP contribution in [0.3, 0.4) is 0 Å². The molecule has 1 aliphatic rings. The second-order valence-corrected chi connectivity index (χ2v) is 18.0. The Morgan fingerprint density at radius 2 is 0.821 bits per heavy atom.